The number of rotatable bonds is 3. The smallest absolute Gasteiger partial charge is 0.273 e. The Kier molecular flexibility index (Phi) is 4.72. The number of benzene rings is 1. The van der Waals surface area contributed by atoms with Crippen LogP contribution in [-0.2, 0) is 4.74 Å². The fourth-order valence-electron chi connectivity index (χ4n) is 2.22. The Morgan fingerprint density at radius 2 is 2.35 bits per heavy atom. The molecular formula is C13H15BrN2O4. The van der Waals surface area contributed by atoms with Gasteiger partial charge < -0.3 is 9.64 Å². The van der Waals surface area contributed by atoms with Crippen LogP contribution < -0.4 is 0 Å². The molecule has 0 saturated carbocycles. The number of morpholine rings is 1. The maximum Gasteiger partial charge on any atom is 0.273 e. The van der Waals surface area contributed by atoms with Crippen LogP contribution in [0.15, 0.2) is 18.2 Å². The van der Waals surface area contributed by atoms with E-state index in [0.717, 1.165) is 0 Å². The molecule has 0 bridgehead atoms. The summed E-state index contributed by atoms with van der Waals surface area (Å²) in [5.74, 6) is -0.180. The molecule has 0 radical (unpaired) electrons. The van der Waals surface area contributed by atoms with Crippen LogP contribution in [0.5, 0.6) is 0 Å². The standard InChI is InChI=1S/C13H15BrN2O4/c1-9-11(3-2-4-12(9)16(18)19)13(17)15-5-6-20-10(7-14)8-15/h2-4,10H,5-8H2,1H3. The second-order valence-electron chi connectivity index (χ2n) is 4.61. The summed E-state index contributed by atoms with van der Waals surface area (Å²) >= 11 is 3.34. The van der Waals surface area contributed by atoms with Crippen LogP contribution in [0.1, 0.15) is 15.9 Å². The van der Waals surface area contributed by atoms with E-state index in [-0.39, 0.29) is 17.7 Å². The summed E-state index contributed by atoms with van der Waals surface area (Å²) in [6.07, 6.45) is -0.0355. The number of hydrogen-bond donors (Lipinski definition) is 0. The van der Waals surface area contributed by atoms with Crippen LogP contribution >= 0.6 is 15.9 Å². The molecule has 0 aliphatic carbocycles. The quantitative estimate of drug-likeness (QED) is 0.479. The van der Waals surface area contributed by atoms with E-state index < -0.39 is 4.92 Å². The van der Waals surface area contributed by atoms with E-state index in [1.54, 1.807) is 24.0 Å². The summed E-state index contributed by atoms with van der Waals surface area (Å²) in [6, 6.07) is 4.58. The topological polar surface area (TPSA) is 72.7 Å². The van der Waals surface area contributed by atoms with Crippen molar-refractivity contribution in [1.82, 2.24) is 4.90 Å². The van der Waals surface area contributed by atoms with Crippen molar-refractivity contribution >= 4 is 27.5 Å². The van der Waals surface area contributed by atoms with E-state index in [4.69, 9.17) is 4.74 Å². The van der Waals surface area contributed by atoms with Gasteiger partial charge in [0.25, 0.3) is 11.6 Å². The first-order valence-corrected chi connectivity index (χ1v) is 7.37. The zero-order valence-electron chi connectivity index (χ0n) is 11.0. The molecule has 6 nitrogen and oxygen atoms in total. The van der Waals surface area contributed by atoms with Crippen LogP contribution in [0.2, 0.25) is 0 Å². The van der Waals surface area contributed by atoms with Crippen molar-refractivity contribution in [3.05, 3.63) is 39.4 Å². The monoisotopic (exact) mass is 342 g/mol. The van der Waals surface area contributed by atoms with Gasteiger partial charge in [-0.1, -0.05) is 22.0 Å². The summed E-state index contributed by atoms with van der Waals surface area (Å²) in [5, 5.41) is 11.6. The lowest BCUT2D eigenvalue weighted by atomic mass is 10.1. The summed E-state index contributed by atoms with van der Waals surface area (Å²) in [7, 11) is 0. The molecule has 1 atom stereocenters. The third-order valence-corrected chi connectivity index (χ3v) is 4.05. The van der Waals surface area contributed by atoms with Gasteiger partial charge in [-0.3, -0.25) is 14.9 Å². The lowest BCUT2D eigenvalue weighted by Crippen LogP contribution is -2.46. The number of alkyl halides is 1. The van der Waals surface area contributed by atoms with Gasteiger partial charge in [-0.25, -0.2) is 0 Å². The molecule has 1 aromatic carbocycles. The van der Waals surface area contributed by atoms with Gasteiger partial charge in [0, 0.05) is 35.6 Å². The normalized spacial score (nSPS) is 18.9. The SMILES string of the molecule is Cc1c(C(=O)N2CCOC(CBr)C2)cccc1[N+](=O)[O-]. The van der Waals surface area contributed by atoms with Crippen LogP contribution in [0.25, 0.3) is 0 Å². The predicted molar refractivity (Wildman–Crippen MR) is 77.3 cm³/mol. The van der Waals surface area contributed by atoms with E-state index in [1.807, 2.05) is 0 Å². The highest BCUT2D eigenvalue weighted by Gasteiger charge is 2.27. The Bertz CT molecular complexity index is 535. The summed E-state index contributed by atoms with van der Waals surface area (Å²) < 4.78 is 5.49. The molecule has 108 valence electrons. The predicted octanol–water partition coefficient (Wildman–Crippen LogP) is 2.14. The van der Waals surface area contributed by atoms with Crippen molar-refractivity contribution in [2.75, 3.05) is 25.0 Å². The molecule has 0 spiro atoms. The minimum atomic E-state index is -0.466. The van der Waals surface area contributed by atoms with Crippen molar-refractivity contribution in [2.45, 2.75) is 13.0 Å². The van der Waals surface area contributed by atoms with Crippen LogP contribution in [0.4, 0.5) is 5.69 Å². The summed E-state index contributed by atoms with van der Waals surface area (Å²) in [4.78, 5) is 24.6. The van der Waals surface area contributed by atoms with Gasteiger partial charge in [0.2, 0.25) is 0 Å². The van der Waals surface area contributed by atoms with Gasteiger partial charge in [0.15, 0.2) is 0 Å². The first-order chi connectivity index (χ1) is 9.54. The zero-order valence-corrected chi connectivity index (χ0v) is 12.6. The van der Waals surface area contributed by atoms with Crippen LogP contribution in [0.3, 0.4) is 0 Å². The Hall–Kier alpha value is -1.47. The van der Waals surface area contributed by atoms with Crippen molar-refractivity contribution < 1.29 is 14.5 Å². The highest BCUT2D eigenvalue weighted by Crippen LogP contribution is 2.23. The molecule has 1 amide bonds. The molecule has 20 heavy (non-hydrogen) atoms. The molecule has 7 heteroatoms. The lowest BCUT2D eigenvalue weighted by molar-refractivity contribution is -0.385. The van der Waals surface area contributed by atoms with Crippen molar-refractivity contribution in [3.63, 3.8) is 0 Å². The largest absolute Gasteiger partial charge is 0.374 e. The van der Waals surface area contributed by atoms with Gasteiger partial charge in [0.1, 0.15) is 0 Å². The molecule has 0 aromatic heterocycles. The molecule has 1 unspecified atom stereocenters. The number of nitro groups is 1. The number of carbonyl (C=O) groups is 1. The Morgan fingerprint density at radius 3 is 3.00 bits per heavy atom. The Labute approximate surface area is 125 Å². The van der Waals surface area contributed by atoms with Crippen LogP contribution in [0, 0.1) is 17.0 Å². The van der Waals surface area contributed by atoms with E-state index in [0.29, 0.717) is 36.2 Å². The molecule has 1 heterocycles. The number of halogens is 1. The first-order valence-electron chi connectivity index (χ1n) is 6.25. The molecular weight excluding hydrogens is 328 g/mol. The van der Waals surface area contributed by atoms with Gasteiger partial charge >= 0.3 is 0 Å². The minimum Gasteiger partial charge on any atom is -0.374 e. The number of amides is 1. The fourth-order valence-corrected chi connectivity index (χ4v) is 2.61. The maximum atomic E-state index is 12.5. The molecule has 1 fully saturated rings. The highest BCUT2D eigenvalue weighted by atomic mass is 79.9. The molecule has 1 aromatic rings. The van der Waals surface area contributed by atoms with Gasteiger partial charge in [0.05, 0.1) is 17.6 Å². The van der Waals surface area contributed by atoms with Gasteiger partial charge in [-0.05, 0) is 13.0 Å². The average Bonchev–Trinajstić information content (AvgIpc) is 2.46. The Morgan fingerprint density at radius 1 is 1.60 bits per heavy atom. The number of hydrogen-bond acceptors (Lipinski definition) is 4. The van der Waals surface area contributed by atoms with Crippen LogP contribution in [-0.4, -0.2) is 46.9 Å². The van der Waals surface area contributed by atoms with Crippen molar-refractivity contribution in [2.24, 2.45) is 0 Å². The highest BCUT2D eigenvalue weighted by molar-refractivity contribution is 9.09. The summed E-state index contributed by atoms with van der Waals surface area (Å²) in [6.45, 7) is 3.08. The third-order valence-electron chi connectivity index (χ3n) is 3.33. The van der Waals surface area contributed by atoms with Gasteiger partial charge in [-0.2, -0.15) is 0 Å². The second kappa shape index (κ2) is 6.32. The molecule has 1 saturated heterocycles. The summed E-state index contributed by atoms with van der Waals surface area (Å²) in [5.41, 5.74) is 0.764. The minimum absolute atomic E-state index is 0.0267. The zero-order chi connectivity index (χ0) is 14.7. The number of ether oxygens (including phenoxy) is 1. The number of nitro benzene ring substituents is 1. The van der Waals surface area contributed by atoms with Gasteiger partial charge in [-0.15, -0.1) is 0 Å². The second-order valence-corrected chi connectivity index (χ2v) is 5.25. The van der Waals surface area contributed by atoms with E-state index in [2.05, 4.69) is 15.9 Å². The molecule has 0 N–H and O–H groups in total. The average molecular weight is 343 g/mol. The van der Waals surface area contributed by atoms with Crippen molar-refractivity contribution in [3.8, 4) is 0 Å². The maximum absolute atomic E-state index is 12.5. The molecule has 1 aliphatic rings. The molecule has 1 aliphatic heterocycles. The van der Waals surface area contributed by atoms with Crippen molar-refractivity contribution in [1.29, 1.82) is 0 Å². The third kappa shape index (κ3) is 2.99. The van der Waals surface area contributed by atoms with E-state index >= 15 is 0 Å². The number of carbonyl (C=O) groups excluding carboxylic acids is 1. The van der Waals surface area contributed by atoms with E-state index in [9.17, 15) is 14.9 Å². The Balaban J connectivity index is 2.25. The molecule has 2 rings (SSSR count). The number of nitrogens with zero attached hydrogens (tertiary/aromatic N) is 2. The fraction of sp³-hybridized carbons (Fsp3) is 0.462. The van der Waals surface area contributed by atoms with E-state index in [1.165, 1.54) is 6.07 Å². The lowest BCUT2D eigenvalue weighted by Gasteiger charge is -2.32. The first kappa shape index (κ1) is 14.9.